The molecule has 1 heterocycles. The van der Waals surface area contributed by atoms with Crippen molar-refractivity contribution in [2.45, 2.75) is 32.2 Å². The smallest absolute Gasteiger partial charge is 0.146 e. The van der Waals surface area contributed by atoms with Gasteiger partial charge in [-0.3, -0.25) is 0 Å². The van der Waals surface area contributed by atoms with Crippen molar-refractivity contribution in [3.63, 3.8) is 0 Å². The molecule has 3 rings (SSSR count). The number of nitrogens with one attached hydrogen (secondary N) is 1. The molecule has 1 aromatic carbocycles. The highest BCUT2D eigenvalue weighted by molar-refractivity contribution is 5.52. The van der Waals surface area contributed by atoms with E-state index in [-0.39, 0.29) is 5.82 Å². The van der Waals surface area contributed by atoms with Gasteiger partial charge >= 0.3 is 0 Å². The van der Waals surface area contributed by atoms with Crippen molar-refractivity contribution < 1.29 is 4.39 Å². The van der Waals surface area contributed by atoms with E-state index in [1.807, 2.05) is 0 Å². The molecule has 1 aliphatic rings. The Balaban J connectivity index is 1.82. The van der Waals surface area contributed by atoms with Crippen molar-refractivity contribution >= 4 is 5.69 Å². The van der Waals surface area contributed by atoms with Crippen LogP contribution in [0.4, 0.5) is 10.1 Å². The minimum Gasteiger partial charge on any atom is -0.380 e. The molecule has 2 atom stereocenters. The van der Waals surface area contributed by atoms with Crippen molar-refractivity contribution in [3.05, 3.63) is 30.3 Å². The SMILES string of the molecule is CC1CCC(Nc2cc(-n3cnnn3)ccc2F)C1. The summed E-state index contributed by atoms with van der Waals surface area (Å²) in [6.45, 7) is 2.23. The lowest BCUT2D eigenvalue weighted by molar-refractivity contribution is 0.597. The molecule has 1 N–H and O–H groups in total. The molecule has 0 amide bonds. The van der Waals surface area contributed by atoms with Crippen molar-refractivity contribution in [2.75, 3.05) is 5.32 Å². The Morgan fingerprint density at radius 2 is 2.26 bits per heavy atom. The molecule has 0 aliphatic heterocycles. The Morgan fingerprint density at radius 3 is 2.95 bits per heavy atom. The molecule has 1 saturated carbocycles. The van der Waals surface area contributed by atoms with Crippen LogP contribution in [-0.2, 0) is 0 Å². The second-order valence-electron chi connectivity index (χ2n) is 5.18. The maximum atomic E-state index is 13.8. The molecule has 6 heteroatoms. The number of aromatic nitrogens is 4. The van der Waals surface area contributed by atoms with Crippen LogP contribution < -0.4 is 5.32 Å². The summed E-state index contributed by atoms with van der Waals surface area (Å²) in [4.78, 5) is 0. The van der Waals surface area contributed by atoms with E-state index in [1.54, 1.807) is 12.1 Å². The van der Waals surface area contributed by atoms with Crippen LogP contribution in [0.2, 0.25) is 0 Å². The number of hydrogen-bond acceptors (Lipinski definition) is 4. The van der Waals surface area contributed by atoms with Crippen molar-refractivity contribution in [3.8, 4) is 5.69 Å². The van der Waals surface area contributed by atoms with E-state index in [0.29, 0.717) is 17.6 Å². The topological polar surface area (TPSA) is 55.6 Å². The molecule has 0 radical (unpaired) electrons. The molecular weight excluding hydrogens is 245 g/mol. The Bertz CT molecular complexity index is 554. The number of benzene rings is 1. The normalized spacial score (nSPS) is 22.6. The fourth-order valence-electron chi connectivity index (χ4n) is 2.60. The third-order valence-corrected chi connectivity index (χ3v) is 3.62. The lowest BCUT2D eigenvalue weighted by atomic mass is 10.1. The summed E-state index contributed by atoms with van der Waals surface area (Å²) in [6, 6.07) is 5.20. The van der Waals surface area contributed by atoms with Crippen LogP contribution in [0.3, 0.4) is 0 Å². The zero-order chi connectivity index (χ0) is 13.2. The Kier molecular flexibility index (Phi) is 3.15. The lowest BCUT2D eigenvalue weighted by Crippen LogP contribution is -2.16. The van der Waals surface area contributed by atoms with Crippen LogP contribution in [0.5, 0.6) is 0 Å². The zero-order valence-corrected chi connectivity index (χ0v) is 10.8. The monoisotopic (exact) mass is 261 g/mol. The molecule has 0 bridgehead atoms. The molecule has 2 aromatic rings. The molecule has 5 nitrogen and oxygen atoms in total. The highest BCUT2D eigenvalue weighted by Crippen LogP contribution is 2.29. The van der Waals surface area contributed by atoms with Crippen molar-refractivity contribution in [2.24, 2.45) is 5.92 Å². The first-order valence-electron chi connectivity index (χ1n) is 6.52. The Morgan fingerprint density at radius 1 is 1.37 bits per heavy atom. The standard InChI is InChI=1S/C13H16FN5/c1-9-2-3-10(6-9)16-13-7-11(4-5-12(13)14)19-8-15-17-18-19/h4-5,7-10,16H,2-3,6H2,1H3. The maximum Gasteiger partial charge on any atom is 0.146 e. The number of nitrogens with zero attached hydrogens (tertiary/aromatic N) is 4. The molecule has 1 aromatic heterocycles. The number of anilines is 1. The lowest BCUT2D eigenvalue weighted by Gasteiger charge is -2.15. The average molecular weight is 261 g/mol. The van der Waals surface area contributed by atoms with E-state index in [4.69, 9.17) is 0 Å². The molecule has 19 heavy (non-hydrogen) atoms. The minimum absolute atomic E-state index is 0.239. The highest BCUT2D eigenvalue weighted by atomic mass is 19.1. The van der Waals surface area contributed by atoms with Crippen molar-refractivity contribution in [1.82, 2.24) is 20.2 Å². The van der Waals surface area contributed by atoms with Gasteiger partial charge in [0.15, 0.2) is 0 Å². The Labute approximate surface area is 110 Å². The number of hydrogen-bond donors (Lipinski definition) is 1. The number of tetrazole rings is 1. The second-order valence-corrected chi connectivity index (χ2v) is 5.18. The van der Waals surface area contributed by atoms with Gasteiger partial charge in [0.25, 0.3) is 0 Å². The summed E-state index contributed by atoms with van der Waals surface area (Å²) in [5, 5.41) is 14.3. The maximum absolute atomic E-state index is 13.8. The highest BCUT2D eigenvalue weighted by Gasteiger charge is 2.22. The largest absolute Gasteiger partial charge is 0.380 e. The summed E-state index contributed by atoms with van der Waals surface area (Å²) in [7, 11) is 0. The van der Waals surface area contributed by atoms with Crippen LogP contribution in [0, 0.1) is 11.7 Å². The van der Waals surface area contributed by atoms with Gasteiger partial charge in [0.1, 0.15) is 12.1 Å². The van der Waals surface area contributed by atoms with Gasteiger partial charge in [0.05, 0.1) is 11.4 Å². The van der Waals surface area contributed by atoms with Crippen LogP contribution in [0.15, 0.2) is 24.5 Å². The van der Waals surface area contributed by atoms with Crippen molar-refractivity contribution in [1.29, 1.82) is 0 Å². The van der Waals surface area contributed by atoms with Gasteiger partial charge in [-0.05, 0) is 53.8 Å². The first-order valence-corrected chi connectivity index (χ1v) is 6.52. The first kappa shape index (κ1) is 12.1. The number of rotatable bonds is 3. The molecule has 2 unspecified atom stereocenters. The summed E-state index contributed by atoms with van der Waals surface area (Å²) < 4.78 is 15.4. The quantitative estimate of drug-likeness (QED) is 0.921. The summed E-state index contributed by atoms with van der Waals surface area (Å²) >= 11 is 0. The van der Waals surface area contributed by atoms with Crippen LogP contribution in [-0.4, -0.2) is 26.2 Å². The third-order valence-electron chi connectivity index (χ3n) is 3.62. The van der Waals surface area contributed by atoms with Gasteiger partial charge in [-0.2, -0.15) is 0 Å². The van der Waals surface area contributed by atoms with Gasteiger partial charge < -0.3 is 5.32 Å². The van der Waals surface area contributed by atoms with E-state index in [9.17, 15) is 4.39 Å². The van der Waals surface area contributed by atoms with E-state index >= 15 is 0 Å². The third kappa shape index (κ3) is 2.57. The van der Waals surface area contributed by atoms with Gasteiger partial charge in [0.2, 0.25) is 0 Å². The fraction of sp³-hybridized carbons (Fsp3) is 0.462. The van der Waals surface area contributed by atoms with E-state index in [1.165, 1.54) is 23.5 Å². The van der Waals surface area contributed by atoms with E-state index < -0.39 is 0 Å². The minimum atomic E-state index is -0.239. The van der Waals surface area contributed by atoms with E-state index in [0.717, 1.165) is 18.5 Å². The molecule has 1 fully saturated rings. The van der Waals surface area contributed by atoms with Gasteiger partial charge in [-0.15, -0.1) is 5.10 Å². The molecule has 0 saturated heterocycles. The summed E-state index contributed by atoms with van der Waals surface area (Å²) in [5.74, 6) is 0.472. The van der Waals surface area contributed by atoms with Crippen LogP contribution in [0.25, 0.3) is 5.69 Å². The summed E-state index contributed by atoms with van der Waals surface area (Å²) in [5.41, 5.74) is 1.27. The molecular formula is C13H16FN5. The zero-order valence-electron chi connectivity index (χ0n) is 10.8. The Hall–Kier alpha value is -1.98. The predicted octanol–water partition coefficient (Wildman–Crippen LogP) is 2.40. The molecule has 100 valence electrons. The number of halogens is 1. The van der Waals surface area contributed by atoms with Gasteiger partial charge in [-0.1, -0.05) is 6.92 Å². The van der Waals surface area contributed by atoms with Gasteiger partial charge in [0, 0.05) is 6.04 Å². The fourth-order valence-corrected chi connectivity index (χ4v) is 2.60. The first-order chi connectivity index (χ1) is 9.22. The predicted molar refractivity (Wildman–Crippen MR) is 69.5 cm³/mol. The summed E-state index contributed by atoms with van der Waals surface area (Å²) in [6.07, 6.45) is 4.88. The van der Waals surface area contributed by atoms with Crippen LogP contribution >= 0.6 is 0 Å². The molecule has 1 aliphatic carbocycles. The van der Waals surface area contributed by atoms with Crippen LogP contribution in [0.1, 0.15) is 26.2 Å². The van der Waals surface area contributed by atoms with Gasteiger partial charge in [-0.25, -0.2) is 9.07 Å². The molecule has 0 spiro atoms. The van der Waals surface area contributed by atoms with E-state index in [2.05, 4.69) is 27.8 Å². The average Bonchev–Trinajstić information content (AvgIpc) is 3.04. The second kappa shape index (κ2) is 4.95.